The van der Waals surface area contributed by atoms with E-state index in [0.29, 0.717) is 0 Å². The van der Waals surface area contributed by atoms with Crippen LogP contribution in [0.25, 0.3) is 0 Å². The summed E-state index contributed by atoms with van der Waals surface area (Å²) in [5.74, 6) is 0. The number of hydrogen-bond acceptors (Lipinski definition) is 2. The van der Waals surface area contributed by atoms with E-state index in [9.17, 15) is 0 Å². The Morgan fingerprint density at radius 2 is 2.40 bits per heavy atom. The molecule has 0 unspecified atom stereocenters. The van der Waals surface area contributed by atoms with E-state index in [4.69, 9.17) is 0 Å². The molecule has 1 aromatic rings. The zero-order valence-electron chi connectivity index (χ0n) is 6.59. The van der Waals surface area contributed by atoms with Gasteiger partial charge in [-0.25, -0.2) is 0 Å². The standard InChI is InChI=1S/C7H12N2S/c1-4-6-5-8-9(2)7(6)10-3/h5H,4H2,1-3H3. The van der Waals surface area contributed by atoms with Crippen LogP contribution in [-0.4, -0.2) is 16.0 Å². The average molecular weight is 156 g/mol. The number of aryl methyl sites for hydroxylation is 2. The van der Waals surface area contributed by atoms with E-state index in [-0.39, 0.29) is 0 Å². The Morgan fingerprint density at radius 1 is 1.70 bits per heavy atom. The second kappa shape index (κ2) is 3.10. The summed E-state index contributed by atoms with van der Waals surface area (Å²) < 4.78 is 1.92. The maximum Gasteiger partial charge on any atom is 0.0965 e. The van der Waals surface area contributed by atoms with Gasteiger partial charge >= 0.3 is 0 Å². The van der Waals surface area contributed by atoms with Crippen molar-refractivity contribution in [3.8, 4) is 0 Å². The van der Waals surface area contributed by atoms with Crippen LogP contribution in [0.2, 0.25) is 0 Å². The lowest BCUT2D eigenvalue weighted by atomic mass is 10.3. The zero-order chi connectivity index (χ0) is 7.56. The van der Waals surface area contributed by atoms with Gasteiger partial charge in [0.2, 0.25) is 0 Å². The normalized spacial score (nSPS) is 10.3. The van der Waals surface area contributed by atoms with Gasteiger partial charge in [0, 0.05) is 12.6 Å². The summed E-state index contributed by atoms with van der Waals surface area (Å²) in [6.07, 6.45) is 5.09. The monoisotopic (exact) mass is 156 g/mol. The summed E-state index contributed by atoms with van der Waals surface area (Å²) >= 11 is 1.75. The summed E-state index contributed by atoms with van der Waals surface area (Å²) in [6, 6.07) is 0. The molecule has 1 aromatic heterocycles. The Hall–Kier alpha value is -0.440. The van der Waals surface area contributed by atoms with Crippen molar-refractivity contribution in [2.24, 2.45) is 7.05 Å². The van der Waals surface area contributed by atoms with E-state index in [1.165, 1.54) is 10.6 Å². The van der Waals surface area contributed by atoms with Gasteiger partial charge in [-0.3, -0.25) is 4.68 Å². The number of nitrogens with zero attached hydrogens (tertiary/aromatic N) is 2. The minimum Gasteiger partial charge on any atom is -0.262 e. The molecule has 0 aliphatic rings. The molecule has 0 aliphatic carbocycles. The molecular weight excluding hydrogens is 144 g/mol. The summed E-state index contributed by atoms with van der Waals surface area (Å²) in [6.45, 7) is 2.15. The molecule has 0 fully saturated rings. The van der Waals surface area contributed by atoms with Crippen LogP contribution in [0.4, 0.5) is 0 Å². The van der Waals surface area contributed by atoms with Gasteiger partial charge in [-0.2, -0.15) is 5.10 Å². The highest BCUT2D eigenvalue weighted by Crippen LogP contribution is 2.18. The highest BCUT2D eigenvalue weighted by molar-refractivity contribution is 7.98. The number of thioether (sulfide) groups is 1. The molecule has 56 valence electrons. The van der Waals surface area contributed by atoms with Crippen molar-refractivity contribution in [3.05, 3.63) is 11.8 Å². The van der Waals surface area contributed by atoms with Crippen LogP contribution in [-0.2, 0) is 13.5 Å². The smallest absolute Gasteiger partial charge is 0.0965 e. The van der Waals surface area contributed by atoms with Crippen molar-refractivity contribution < 1.29 is 0 Å². The summed E-state index contributed by atoms with van der Waals surface area (Å²) in [7, 11) is 1.98. The van der Waals surface area contributed by atoms with Crippen LogP contribution in [0, 0.1) is 0 Å². The molecule has 0 bridgehead atoms. The van der Waals surface area contributed by atoms with E-state index in [0.717, 1.165) is 6.42 Å². The Morgan fingerprint density at radius 3 is 2.80 bits per heavy atom. The molecule has 3 heteroatoms. The third-order valence-corrected chi connectivity index (χ3v) is 2.44. The van der Waals surface area contributed by atoms with Crippen LogP contribution in [0.1, 0.15) is 12.5 Å². The van der Waals surface area contributed by atoms with Gasteiger partial charge in [-0.05, 0) is 12.7 Å². The topological polar surface area (TPSA) is 17.8 Å². The summed E-state index contributed by atoms with van der Waals surface area (Å²) in [5, 5.41) is 5.43. The maximum atomic E-state index is 4.15. The average Bonchev–Trinajstić information content (AvgIpc) is 2.30. The Kier molecular flexibility index (Phi) is 2.38. The van der Waals surface area contributed by atoms with Crippen molar-refractivity contribution in [3.63, 3.8) is 0 Å². The van der Waals surface area contributed by atoms with Crippen molar-refractivity contribution in [1.82, 2.24) is 9.78 Å². The van der Waals surface area contributed by atoms with Crippen LogP contribution in [0.3, 0.4) is 0 Å². The SMILES string of the molecule is CCc1cnn(C)c1SC. The van der Waals surface area contributed by atoms with E-state index < -0.39 is 0 Å². The molecule has 0 atom stereocenters. The minimum atomic E-state index is 1.07. The van der Waals surface area contributed by atoms with Gasteiger partial charge in [0.05, 0.1) is 11.2 Å². The van der Waals surface area contributed by atoms with Crippen LogP contribution < -0.4 is 0 Å². The van der Waals surface area contributed by atoms with Gasteiger partial charge in [-0.1, -0.05) is 6.92 Å². The first kappa shape index (κ1) is 7.66. The largest absolute Gasteiger partial charge is 0.262 e. The zero-order valence-corrected chi connectivity index (χ0v) is 7.40. The maximum absolute atomic E-state index is 4.15. The molecule has 0 N–H and O–H groups in total. The van der Waals surface area contributed by atoms with E-state index in [1.54, 1.807) is 11.8 Å². The van der Waals surface area contributed by atoms with Gasteiger partial charge in [0.25, 0.3) is 0 Å². The van der Waals surface area contributed by atoms with Crippen molar-refractivity contribution in [2.75, 3.05) is 6.26 Å². The summed E-state index contributed by atoms with van der Waals surface area (Å²) in [5.41, 5.74) is 1.34. The molecule has 0 spiro atoms. The second-order valence-electron chi connectivity index (χ2n) is 2.16. The molecule has 0 aliphatic heterocycles. The number of aromatic nitrogens is 2. The van der Waals surface area contributed by atoms with Gasteiger partial charge < -0.3 is 0 Å². The molecule has 1 rings (SSSR count). The van der Waals surface area contributed by atoms with E-state index >= 15 is 0 Å². The molecule has 0 amide bonds. The highest BCUT2D eigenvalue weighted by Gasteiger charge is 2.03. The van der Waals surface area contributed by atoms with Gasteiger partial charge in [-0.15, -0.1) is 11.8 Å². The van der Waals surface area contributed by atoms with Crippen molar-refractivity contribution in [2.45, 2.75) is 18.4 Å². The predicted molar refractivity (Wildman–Crippen MR) is 44.4 cm³/mol. The highest BCUT2D eigenvalue weighted by atomic mass is 32.2. The van der Waals surface area contributed by atoms with Crippen LogP contribution in [0.5, 0.6) is 0 Å². The minimum absolute atomic E-state index is 1.07. The lowest BCUT2D eigenvalue weighted by Crippen LogP contribution is -1.92. The first-order chi connectivity index (χ1) is 4.79. The Balaban J connectivity index is 3.01. The Labute approximate surface area is 65.6 Å². The lowest BCUT2D eigenvalue weighted by Gasteiger charge is -1.98. The molecule has 2 nitrogen and oxygen atoms in total. The lowest BCUT2D eigenvalue weighted by molar-refractivity contribution is 0.695. The molecule has 0 radical (unpaired) electrons. The van der Waals surface area contributed by atoms with Crippen LogP contribution >= 0.6 is 11.8 Å². The molecular formula is C7H12N2S. The summed E-state index contributed by atoms with van der Waals surface area (Å²) in [4.78, 5) is 0. The Bertz CT molecular complexity index is 217. The molecule has 1 heterocycles. The first-order valence-electron chi connectivity index (χ1n) is 3.34. The number of hydrogen-bond donors (Lipinski definition) is 0. The molecule has 0 saturated carbocycles. The second-order valence-corrected chi connectivity index (χ2v) is 2.95. The quantitative estimate of drug-likeness (QED) is 0.607. The third-order valence-electron chi connectivity index (χ3n) is 1.53. The fourth-order valence-corrected chi connectivity index (χ4v) is 1.75. The van der Waals surface area contributed by atoms with Gasteiger partial charge in [0.1, 0.15) is 0 Å². The third kappa shape index (κ3) is 1.19. The predicted octanol–water partition coefficient (Wildman–Crippen LogP) is 1.70. The van der Waals surface area contributed by atoms with Gasteiger partial charge in [0.15, 0.2) is 0 Å². The first-order valence-corrected chi connectivity index (χ1v) is 4.57. The molecule has 10 heavy (non-hydrogen) atoms. The number of rotatable bonds is 2. The van der Waals surface area contributed by atoms with Crippen LogP contribution in [0.15, 0.2) is 11.2 Å². The van der Waals surface area contributed by atoms with E-state index in [2.05, 4.69) is 18.3 Å². The van der Waals surface area contributed by atoms with Crippen molar-refractivity contribution >= 4 is 11.8 Å². The molecule has 0 aromatic carbocycles. The van der Waals surface area contributed by atoms with E-state index in [1.807, 2.05) is 17.9 Å². The fourth-order valence-electron chi connectivity index (χ4n) is 0.978. The molecule has 0 saturated heterocycles. The fraction of sp³-hybridized carbons (Fsp3) is 0.571. The van der Waals surface area contributed by atoms with Crippen molar-refractivity contribution in [1.29, 1.82) is 0 Å².